The number of sulfonamides is 4. The van der Waals surface area contributed by atoms with Gasteiger partial charge in [-0.05, 0) is 131 Å². The molecule has 0 aromatic heterocycles. The van der Waals surface area contributed by atoms with Gasteiger partial charge in [0.25, 0.3) is 0 Å². The zero-order valence-electron chi connectivity index (χ0n) is 37.8. The van der Waals surface area contributed by atoms with Crippen LogP contribution < -0.4 is 19.3 Å². The average Bonchev–Trinajstić information content (AvgIpc) is 4.02. The zero-order chi connectivity index (χ0) is 46.6. The van der Waals surface area contributed by atoms with Crippen LogP contribution in [0.3, 0.4) is 0 Å². The maximum atomic E-state index is 12.4. The van der Waals surface area contributed by atoms with Crippen molar-refractivity contribution in [1.82, 2.24) is 14.2 Å². The fraction of sp³-hybridized carbons (Fsp3) is 0.500. The summed E-state index contributed by atoms with van der Waals surface area (Å²) in [4.78, 5) is 0.0825. The molecule has 3 saturated carbocycles. The molecule has 0 heterocycles. The van der Waals surface area contributed by atoms with Gasteiger partial charge in [-0.3, -0.25) is 0 Å². The normalized spacial score (nSPS) is 23.2. The van der Waals surface area contributed by atoms with Crippen LogP contribution in [-0.4, -0.2) is 67.5 Å². The van der Waals surface area contributed by atoms with Crippen LogP contribution in [0.2, 0.25) is 0 Å². The Labute approximate surface area is 382 Å². The molecule has 16 heteroatoms. The van der Waals surface area contributed by atoms with Crippen LogP contribution in [0.15, 0.2) is 102 Å². The fourth-order valence-electron chi connectivity index (χ4n) is 9.15. The molecule has 5 N–H and O–H groups in total. The molecule has 7 rings (SSSR count). The van der Waals surface area contributed by atoms with Gasteiger partial charge in [-0.25, -0.2) is 53.0 Å². The van der Waals surface area contributed by atoms with Gasteiger partial charge in [0.15, 0.2) is 0 Å². The maximum Gasteiger partial charge on any atom is 0.238 e. The van der Waals surface area contributed by atoms with E-state index >= 15 is 0 Å². The van der Waals surface area contributed by atoms with E-state index in [1.165, 1.54) is 23.3 Å². The zero-order valence-corrected chi connectivity index (χ0v) is 41.0. The van der Waals surface area contributed by atoms with Crippen molar-refractivity contribution in [2.24, 2.45) is 5.14 Å². The summed E-state index contributed by atoms with van der Waals surface area (Å²) in [5, 5.41) is 3.82. The van der Waals surface area contributed by atoms with Crippen molar-refractivity contribution < 1.29 is 33.7 Å². The van der Waals surface area contributed by atoms with Gasteiger partial charge in [-0.15, -0.1) is 0 Å². The molecule has 3 aliphatic rings. The molecule has 4 aromatic carbocycles. The lowest BCUT2D eigenvalue weighted by Crippen LogP contribution is -2.40. The molecule has 3 aliphatic carbocycles. The Balaban J connectivity index is 0.000000219. The average molecular weight is 955 g/mol. The van der Waals surface area contributed by atoms with Crippen LogP contribution >= 0.6 is 0 Å². The van der Waals surface area contributed by atoms with E-state index in [2.05, 4.69) is 62.7 Å². The molecule has 0 aliphatic heterocycles. The van der Waals surface area contributed by atoms with Crippen LogP contribution in [0.1, 0.15) is 134 Å². The lowest BCUT2D eigenvalue weighted by molar-refractivity contribution is 0.518. The number of nitrogens with two attached hydrogens (primary N) is 1. The first-order valence-electron chi connectivity index (χ1n) is 22.5. The van der Waals surface area contributed by atoms with Crippen molar-refractivity contribution in [3.05, 3.63) is 114 Å². The second-order valence-corrected chi connectivity index (χ2v) is 26.9. The first-order chi connectivity index (χ1) is 30.1. The molecular weight excluding hydrogens is 889 g/mol. The molecule has 0 unspecified atom stereocenters. The van der Waals surface area contributed by atoms with Crippen LogP contribution in [0.5, 0.6) is 0 Å². The third kappa shape index (κ3) is 12.3. The lowest BCUT2D eigenvalue weighted by atomic mass is 9.91. The number of rotatable bonds is 15. The van der Waals surface area contributed by atoms with E-state index in [9.17, 15) is 33.7 Å². The van der Waals surface area contributed by atoms with Crippen LogP contribution in [0.25, 0.3) is 22.3 Å². The van der Waals surface area contributed by atoms with E-state index in [-0.39, 0.29) is 40.8 Å². The summed E-state index contributed by atoms with van der Waals surface area (Å²) in [6.45, 7) is 10.2. The molecule has 64 heavy (non-hydrogen) atoms. The number of hydrogen-bond acceptors (Lipinski definition) is 8. The molecule has 0 bridgehead atoms. The largest absolute Gasteiger partial charge is 0.238 e. The highest BCUT2D eigenvalue weighted by molar-refractivity contribution is 7.90. The summed E-state index contributed by atoms with van der Waals surface area (Å²) in [6.07, 6.45) is 8.55. The van der Waals surface area contributed by atoms with Crippen molar-refractivity contribution in [1.29, 1.82) is 0 Å². The molecule has 12 nitrogen and oxygen atoms in total. The Bertz CT molecular complexity index is 2540. The Kier molecular flexibility index (Phi) is 16.1. The van der Waals surface area contributed by atoms with E-state index in [0.29, 0.717) is 0 Å². The van der Waals surface area contributed by atoms with E-state index in [4.69, 9.17) is 5.14 Å². The predicted octanol–water partition coefficient (Wildman–Crippen LogP) is 8.25. The Morgan fingerprint density at radius 1 is 0.391 bits per heavy atom. The van der Waals surface area contributed by atoms with E-state index in [1.54, 1.807) is 53.7 Å². The van der Waals surface area contributed by atoms with Gasteiger partial charge in [-0.2, -0.15) is 0 Å². The molecule has 0 radical (unpaired) electrons. The summed E-state index contributed by atoms with van der Waals surface area (Å²) < 4.78 is 106. The second-order valence-electron chi connectivity index (χ2n) is 18.5. The molecule has 6 atom stereocenters. The standard InChI is InChI=1S/C28H40N2O4S2.C20H26N2O4S2/c1-19(2)35(31,32)29-27-9-5-7-25(27)23-15-11-21(12-16-23)22-13-17-24(18-14-22)26-8-6-10-28(26)30-36(33,34)20(3)4;1-14(2)28(25,26)22-20-5-3-4-19(20)17-8-6-15(7-9-17)16-10-12-18(13-11-16)27(21,23)24/h11-20,25-30H,5-10H2,1-4H3;6-14,19-20,22H,3-5H2,1-2H3,(H2,21,23,24)/t25-,26+,27+,28-;19-,20+/m.1/s1. The number of benzene rings is 4. The van der Waals surface area contributed by atoms with Gasteiger partial charge in [0.05, 0.1) is 20.6 Å². The third-order valence-corrected chi connectivity index (χ3v) is 19.8. The molecule has 4 aromatic rings. The van der Waals surface area contributed by atoms with Gasteiger partial charge in [0, 0.05) is 35.9 Å². The number of nitrogens with one attached hydrogen (secondary N) is 3. The van der Waals surface area contributed by atoms with Crippen LogP contribution in [0, 0.1) is 0 Å². The van der Waals surface area contributed by atoms with Gasteiger partial charge in [0.1, 0.15) is 0 Å². The van der Waals surface area contributed by atoms with Crippen molar-refractivity contribution in [3.63, 3.8) is 0 Å². The van der Waals surface area contributed by atoms with Gasteiger partial charge in [-0.1, -0.05) is 104 Å². The van der Waals surface area contributed by atoms with E-state index in [1.807, 2.05) is 24.3 Å². The third-order valence-electron chi connectivity index (χ3n) is 13.2. The van der Waals surface area contributed by atoms with Gasteiger partial charge in [0.2, 0.25) is 40.1 Å². The van der Waals surface area contributed by atoms with Crippen molar-refractivity contribution >= 4 is 40.1 Å². The molecule has 3 fully saturated rings. The summed E-state index contributed by atoms with van der Waals surface area (Å²) in [6, 6.07) is 31.3. The number of hydrogen-bond donors (Lipinski definition) is 4. The SMILES string of the molecule is CC(C)S(=O)(=O)N[C@H]1CCC[C@@H]1c1ccc(-c2ccc(S(N)(=O)=O)cc2)cc1.CC(C)S(=O)(=O)N[C@H]1CCC[C@@H]1c1ccc(-c2ccc([C@@H]3CCC[C@H]3NS(=O)(=O)C(C)C)cc2)cc1. The quantitative estimate of drug-likeness (QED) is 0.0913. The molecular formula is C48H66N4O8S4. The highest BCUT2D eigenvalue weighted by Crippen LogP contribution is 2.39. The summed E-state index contributed by atoms with van der Waals surface area (Å²) in [5.41, 5.74) is 7.55. The molecule has 0 saturated heterocycles. The monoisotopic (exact) mass is 954 g/mol. The first-order valence-corrected chi connectivity index (χ1v) is 28.7. The minimum absolute atomic E-state index is 0.0463. The summed E-state index contributed by atoms with van der Waals surface area (Å²) in [5.74, 6) is 0.556. The highest BCUT2D eigenvalue weighted by atomic mass is 32.2. The second kappa shape index (κ2) is 20.6. The topological polar surface area (TPSA) is 199 Å². The van der Waals surface area contributed by atoms with Crippen molar-refractivity contribution in [2.45, 2.75) is 156 Å². The first kappa shape index (κ1) is 49.9. The van der Waals surface area contributed by atoms with E-state index < -0.39 is 55.8 Å². The lowest BCUT2D eigenvalue weighted by Gasteiger charge is -2.23. The minimum Gasteiger partial charge on any atom is -0.225 e. The summed E-state index contributed by atoms with van der Waals surface area (Å²) >= 11 is 0. The van der Waals surface area contributed by atoms with E-state index in [0.717, 1.165) is 85.6 Å². The maximum absolute atomic E-state index is 12.4. The van der Waals surface area contributed by atoms with Gasteiger partial charge < -0.3 is 0 Å². The Morgan fingerprint density at radius 3 is 0.844 bits per heavy atom. The van der Waals surface area contributed by atoms with Gasteiger partial charge >= 0.3 is 0 Å². The molecule has 0 spiro atoms. The molecule has 350 valence electrons. The Morgan fingerprint density at radius 2 is 0.625 bits per heavy atom. The smallest absolute Gasteiger partial charge is 0.225 e. The Hall–Kier alpha value is -3.48. The van der Waals surface area contributed by atoms with Crippen molar-refractivity contribution in [2.75, 3.05) is 0 Å². The fourth-order valence-corrected chi connectivity index (χ4v) is 12.6. The summed E-state index contributed by atoms with van der Waals surface area (Å²) in [7, 11) is -13.6. The van der Waals surface area contributed by atoms with Crippen LogP contribution in [0.4, 0.5) is 0 Å². The number of primary sulfonamides is 1. The van der Waals surface area contributed by atoms with Crippen LogP contribution in [-0.2, 0) is 40.1 Å². The van der Waals surface area contributed by atoms with Crippen molar-refractivity contribution in [3.8, 4) is 22.3 Å². The predicted molar refractivity (Wildman–Crippen MR) is 258 cm³/mol. The highest BCUT2D eigenvalue weighted by Gasteiger charge is 2.35. The molecule has 0 amide bonds. The minimum atomic E-state index is -3.70.